The molecule has 1 aromatic carbocycles. The number of anilines is 2. The number of hydrogen-bond acceptors (Lipinski definition) is 4. The zero-order valence-electron chi connectivity index (χ0n) is 9.95. The summed E-state index contributed by atoms with van der Waals surface area (Å²) in [6.45, 7) is 3.67. The minimum Gasteiger partial charge on any atom is -0.397 e. The van der Waals surface area contributed by atoms with Crippen LogP contribution in [0.2, 0.25) is 5.02 Å². The molecule has 3 N–H and O–H groups in total. The van der Waals surface area contributed by atoms with Crippen LogP contribution < -0.4 is 11.1 Å². The first-order valence-electron chi connectivity index (χ1n) is 5.28. The van der Waals surface area contributed by atoms with Crippen LogP contribution in [0.5, 0.6) is 0 Å². The molecule has 0 atom stereocenters. The average Bonchev–Trinajstić information content (AvgIpc) is 2.63. The van der Waals surface area contributed by atoms with Crippen molar-refractivity contribution in [3.8, 4) is 0 Å². The molecule has 18 heavy (non-hydrogen) atoms. The zero-order valence-corrected chi connectivity index (χ0v) is 11.5. The summed E-state index contributed by atoms with van der Waals surface area (Å²) in [5.41, 5.74) is 7.48. The van der Waals surface area contributed by atoms with Gasteiger partial charge < -0.3 is 11.1 Å². The molecule has 0 bridgehead atoms. The fourth-order valence-electron chi connectivity index (χ4n) is 1.56. The highest BCUT2D eigenvalue weighted by atomic mass is 35.5. The highest BCUT2D eigenvalue weighted by Crippen LogP contribution is 2.25. The molecule has 1 heterocycles. The molecule has 0 aliphatic carbocycles. The number of nitrogens with two attached hydrogens (primary N) is 1. The Kier molecular flexibility index (Phi) is 3.54. The van der Waals surface area contributed by atoms with Crippen molar-refractivity contribution in [2.75, 3.05) is 11.1 Å². The number of nitrogens with zero attached hydrogens (tertiary/aromatic N) is 1. The molecule has 2 rings (SSSR count). The normalized spacial score (nSPS) is 10.4. The van der Waals surface area contributed by atoms with Gasteiger partial charge in [-0.05, 0) is 32.0 Å². The molecule has 94 valence electrons. The Balaban J connectivity index is 2.26. The number of carbonyl (C=O) groups is 1. The van der Waals surface area contributed by atoms with E-state index in [1.54, 1.807) is 25.1 Å². The van der Waals surface area contributed by atoms with Crippen molar-refractivity contribution < 1.29 is 4.79 Å². The number of nitrogens with one attached hydrogen (secondary N) is 1. The van der Waals surface area contributed by atoms with Crippen molar-refractivity contribution in [3.63, 3.8) is 0 Å². The van der Waals surface area contributed by atoms with Gasteiger partial charge in [0.15, 0.2) is 0 Å². The Morgan fingerprint density at radius 1 is 1.44 bits per heavy atom. The van der Waals surface area contributed by atoms with Crippen LogP contribution in [-0.4, -0.2) is 10.9 Å². The molecule has 4 nitrogen and oxygen atoms in total. The summed E-state index contributed by atoms with van der Waals surface area (Å²) >= 11 is 7.22. The van der Waals surface area contributed by atoms with E-state index in [0.29, 0.717) is 21.3 Å². The fraction of sp³-hybridized carbons (Fsp3) is 0.167. The standard InChI is InChI=1S/C12H12ClN3OS/c1-6-11(18-7(2)15-6)12(17)16-10-5-8(13)3-4-9(10)14/h3-5H,14H2,1-2H3,(H,16,17). The van der Waals surface area contributed by atoms with Crippen LogP contribution in [0.15, 0.2) is 18.2 Å². The van der Waals surface area contributed by atoms with Crippen molar-refractivity contribution in [3.05, 3.63) is 38.8 Å². The SMILES string of the molecule is Cc1nc(C)c(C(=O)Nc2cc(Cl)ccc2N)s1. The molecule has 0 radical (unpaired) electrons. The van der Waals surface area contributed by atoms with E-state index < -0.39 is 0 Å². The summed E-state index contributed by atoms with van der Waals surface area (Å²) in [6.07, 6.45) is 0. The molecular formula is C12H12ClN3OS. The predicted molar refractivity (Wildman–Crippen MR) is 75.4 cm³/mol. The summed E-state index contributed by atoms with van der Waals surface area (Å²) in [6, 6.07) is 4.95. The molecule has 0 aliphatic heterocycles. The van der Waals surface area contributed by atoms with Gasteiger partial charge in [-0.3, -0.25) is 4.79 Å². The Labute approximate surface area is 114 Å². The lowest BCUT2D eigenvalue weighted by Gasteiger charge is -2.07. The second-order valence-electron chi connectivity index (χ2n) is 3.83. The lowest BCUT2D eigenvalue weighted by Crippen LogP contribution is -2.12. The van der Waals surface area contributed by atoms with E-state index in [9.17, 15) is 4.79 Å². The Morgan fingerprint density at radius 2 is 2.17 bits per heavy atom. The van der Waals surface area contributed by atoms with Crippen LogP contribution in [0.4, 0.5) is 11.4 Å². The lowest BCUT2D eigenvalue weighted by atomic mass is 10.2. The van der Waals surface area contributed by atoms with Crippen molar-refractivity contribution in [2.24, 2.45) is 0 Å². The van der Waals surface area contributed by atoms with E-state index in [1.807, 2.05) is 6.92 Å². The van der Waals surface area contributed by atoms with Gasteiger partial charge in [-0.25, -0.2) is 4.98 Å². The highest BCUT2D eigenvalue weighted by Gasteiger charge is 2.14. The first kappa shape index (κ1) is 12.9. The van der Waals surface area contributed by atoms with E-state index >= 15 is 0 Å². The van der Waals surface area contributed by atoms with Crippen molar-refractivity contribution in [2.45, 2.75) is 13.8 Å². The minimum atomic E-state index is -0.216. The van der Waals surface area contributed by atoms with Gasteiger partial charge in [0, 0.05) is 5.02 Å². The third-order valence-corrected chi connectivity index (χ3v) is 3.68. The molecule has 0 unspecified atom stereocenters. The van der Waals surface area contributed by atoms with Crippen molar-refractivity contribution >= 4 is 40.2 Å². The van der Waals surface area contributed by atoms with Gasteiger partial charge in [-0.15, -0.1) is 11.3 Å². The van der Waals surface area contributed by atoms with Gasteiger partial charge in [0.05, 0.1) is 22.1 Å². The third kappa shape index (κ3) is 2.63. The number of benzene rings is 1. The van der Waals surface area contributed by atoms with E-state index in [2.05, 4.69) is 10.3 Å². The van der Waals surface area contributed by atoms with Crippen LogP contribution in [0.25, 0.3) is 0 Å². The molecular weight excluding hydrogens is 270 g/mol. The number of nitrogen functional groups attached to an aromatic ring is 1. The van der Waals surface area contributed by atoms with Crippen LogP contribution in [0, 0.1) is 13.8 Å². The molecule has 0 spiro atoms. The van der Waals surface area contributed by atoms with E-state index in [-0.39, 0.29) is 5.91 Å². The first-order valence-corrected chi connectivity index (χ1v) is 6.47. The highest BCUT2D eigenvalue weighted by molar-refractivity contribution is 7.13. The lowest BCUT2D eigenvalue weighted by molar-refractivity contribution is 0.103. The second-order valence-corrected chi connectivity index (χ2v) is 5.47. The number of hydrogen-bond donors (Lipinski definition) is 2. The Bertz CT molecular complexity index is 609. The predicted octanol–water partition coefficient (Wildman–Crippen LogP) is 3.25. The Hall–Kier alpha value is -1.59. The monoisotopic (exact) mass is 281 g/mol. The summed E-state index contributed by atoms with van der Waals surface area (Å²) in [4.78, 5) is 16.9. The molecule has 6 heteroatoms. The first-order chi connectivity index (χ1) is 8.47. The van der Waals surface area contributed by atoms with Crippen molar-refractivity contribution in [1.82, 2.24) is 4.98 Å². The molecule has 0 saturated carbocycles. The minimum absolute atomic E-state index is 0.216. The summed E-state index contributed by atoms with van der Waals surface area (Å²) in [7, 11) is 0. The molecule has 1 aromatic heterocycles. The maximum Gasteiger partial charge on any atom is 0.267 e. The maximum absolute atomic E-state index is 12.1. The van der Waals surface area contributed by atoms with Gasteiger partial charge >= 0.3 is 0 Å². The van der Waals surface area contributed by atoms with Crippen LogP contribution in [-0.2, 0) is 0 Å². The maximum atomic E-state index is 12.1. The molecule has 0 aliphatic rings. The van der Waals surface area contributed by atoms with Crippen LogP contribution in [0.1, 0.15) is 20.4 Å². The third-order valence-electron chi connectivity index (χ3n) is 2.37. The smallest absolute Gasteiger partial charge is 0.267 e. The second kappa shape index (κ2) is 4.96. The van der Waals surface area contributed by atoms with E-state index in [4.69, 9.17) is 17.3 Å². The number of amides is 1. The topological polar surface area (TPSA) is 68.0 Å². The largest absolute Gasteiger partial charge is 0.397 e. The van der Waals surface area contributed by atoms with Gasteiger partial charge in [-0.2, -0.15) is 0 Å². The van der Waals surface area contributed by atoms with Crippen LogP contribution in [0.3, 0.4) is 0 Å². The number of thiazole rings is 1. The van der Waals surface area contributed by atoms with Crippen molar-refractivity contribution in [1.29, 1.82) is 0 Å². The number of aryl methyl sites for hydroxylation is 2. The Morgan fingerprint density at radius 3 is 2.78 bits per heavy atom. The average molecular weight is 282 g/mol. The molecule has 1 amide bonds. The number of halogens is 1. The van der Waals surface area contributed by atoms with Gasteiger partial charge in [0.2, 0.25) is 0 Å². The quantitative estimate of drug-likeness (QED) is 0.830. The number of aromatic nitrogens is 1. The summed E-state index contributed by atoms with van der Waals surface area (Å²) < 4.78 is 0. The number of carbonyl (C=O) groups excluding carboxylic acids is 1. The van der Waals surface area contributed by atoms with Crippen LogP contribution >= 0.6 is 22.9 Å². The molecule has 0 saturated heterocycles. The van der Waals surface area contributed by atoms with Gasteiger partial charge in [-0.1, -0.05) is 11.6 Å². The zero-order chi connectivity index (χ0) is 13.3. The van der Waals surface area contributed by atoms with E-state index in [1.165, 1.54) is 11.3 Å². The molecule has 2 aromatic rings. The summed E-state index contributed by atoms with van der Waals surface area (Å²) in [5.74, 6) is -0.216. The van der Waals surface area contributed by atoms with Gasteiger partial charge in [0.1, 0.15) is 4.88 Å². The molecule has 0 fully saturated rings. The fourth-order valence-corrected chi connectivity index (χ4v) is 2.54. The van der Waals surface area contributed by atoms with Gasteiger partial charge in [0.25, 0.3) is 5.91 Å². The van der Waals surface area contributed by atoms with E-state index in [0.717, 1.165) is 10.7 Å². The summed E-state index contributed by atoms with van der Waals surface area (Å²) in [5, 5.41) is 4.13. The number of rotatable bonds is 2.